The van der Waals surface area contributed by atoms with E-state index in [-0.39, 0.29) is 11.8 Å². The van der Waals surface area contributed by atoms with E-state index < -0.39 is 5.97 Å². The fraction of sp³-hybridized carbons (Fsp3) is 0.545. The molecule has 1 aromatic heterocycles. The Morgan fingerprint density at radius 2 is 2.53 bits per heavy atom. The van der Waals surface area contributed by atoms with Crippen molar-refractivity contribution in [2.75, 3.05) is 20.1 Å². The third-order valence-electron chi connectivity index (χ3n) is 3.08. The van der Waals surface area contributed by atoms with E-state index in [9.17, 15) is 4.79 Å². The molecule has 2 rings (SSSR count). The summed E-state index contributed by atoms with van der Waals surface area (Å²) in [5, 5.41) is 8.96. The summed E-state index contributed by atoms with van der Waals surface area (Å²) >= 11 is 0. The van der Waals surface area contributed by atoms with Crippen LogP contribution in [0.2, 0.25) is 0 Å². The smallest absolute Gasteiger partial charge is 0.304 e. The number of furan rings is 1. The molecule has 0 saturated carbocycles. The molecule has 0 amide bonds. The van der Waals surface area contributed by atoms with Gasteiger partial charge in [0.25, 0.3) is 0 Å². The van der Waals surface area contributed by atoms with E-state index in [1.807, 2.05) is 19.2 Å². The lowest BCUT2D eigenvalue weighted by Gasteiger charge is -2.24. The SMILES string of the molecule is CN1CCC(CC(=O)O)(c2ccco2)C1. The number of likely N-dealkylation sites (tertiary alicyclic amines) is 1. The van der Waals surface area contributed by atoms with Gasteiger partial charge in [0.05, 0.1) is 18.1 Å². The highest BCUT2D eigenvalue weighted by Crippen LogP contribution is 2.37. The van der Waals surface area contributed by atoms with Gasteiger partial charge in [-0.1, -0.05) is 0 Å². The zero-order valence-corrected chi connectivity index (χ0v) is 8.77. The molecule has 1 unspecified atom stereocenters. The zero-order chi connectivity index (χ0) is 10.9. The molecule has 0 spiro atoms. The Labute approximate surface area is 88.5 Å². The lowest BCUT2D eigenvalue weighted by Crippen LogP contribution is -2.32. The van der Waals surface area contributed by atoms with Crippen molar-refractivity contribution in [1.82, 2.24) is 4.90 Å². The summed E-state index contributed by atoms with van der Waals surface area (Å²) < 4.78 is 5.38. The number of carbonyl (C=O) groups is 1. The van der Waals surface area contributed by atoms with Gasteiger partial charge in [0.2, 0.25) is 0 Å². The van der Waals surface area contributed by atoms with Crippen LogP contribution in [-0.2, 0) is 10.2 Å². The number of rotatable bonds is 3. The first-order chi connectivity index (χ1) is 7.12. The minimum Gasteiger partial charge on any atom is -0.481 e. The highest BCUT2D eigenvalue weighted by atomic mass is 16.4. The van der Waals surface area contributed by atoms with E-state index in [0.717, 1.165) is 25.3 Å². The molecule has 1 saturated heterocycles. The average molecular weight is 209 g/mol. The van der Waals surface area contributed by atoms with Gasteiger partial charge in [-0.05, 0) is 32.1 Å². The van der Waals surface area contributed by atoms with Crippen LogP contribution in [0.15, 0.2) is 22.8 Å². The first kappa shape index (κ1) is 10.2. The van der Waals surface area contributed by atoms with Crippen molar-refractivity contribution in [2.45, 2.75) is 18.3 Å². The van der Waals surface area contributed by atoms with Crippen LogP contribution in [0, 0.1) is 0 Å². The number of carboxylic acids is 1. The number of likely N-dealkylation sites (N-methyl/N-ethyl adjacent to an activating group) is 1. The molecule has 0 aromatic carbocycles. The molecule has 1 fully saturated rings. The topological polar surface area (TPSA) is 53.7 Å². The number of nitrogens with zero attached hydrogens (tertiary/aromatic N) is 1. The highest BCUT2D eigenvalue weighted by molar-refractivity contribution is 5.69. The monoisotopic (exact) mass is 209 g/mol. The molecule has 0 bridgehead atoms. The molecule has 1 aliphatic heterocycles. The van der Waals surface area contributed by atoms with Gasteiger partial charge in [-0.3, -0.25) is 4.79 Å². The molecular weight excluding hydrogens is 194 g/mol. The van der Waals surface area contributed by atoms with Gasteiger partial charge in [0.1, 0.15) is 5.76 Å². The Kier molecular flexibility index (Phi) is 2.52. The zero-order valence-electron chi connectivity index (χ0n) is 8.77. The van der Waals surface area contributed by atoms with Crippen LogP contribution in [0.4, 0.5) is 0 Å². The summed E-state index contributed by atoms with van der Waals surface area (Å²) in [7, 11) is 2.01. The third-order valence-corrected chi connectivity index (χ3v) is 3.08. The second kappa shape index (κ2) is 3.70. The summed E-state index contributed by atoms with van der Waals surface area (Å²) in [6.45, 7) is 1.68. The van der Waals surface area contributed by atoms with Crippen LogP contribution in [0.25, 0.3) is 0 Å². The molecule has 0 aliphatic carbocycles. The summed E-state index contributed by atoms with van der Waals surface area (Å²) in [6, 6.07) is 3.69. The van der Waals surface area contributed by atoms with Crippen molar-refractivity contribution >= 4 is 5.97 Å². The van der Waals surface area contributed by atoms with Crippen LogP contribution in [0.1, 0.15) is 18.6 Å². The maximum absolute atomic E-state index is 10.9. The van der Waals surface area contributed by atoms with Crippen molar-refractivity contribution in [3.8, 4) is 0 Å². The summed E-state index contributed by atoms with van der Waals surface area (Å²) in [5.74, 6) is 0.0379. The highest BCUT2D eigenvalue weighted by Gasteiger charge is 2.42. The van der Waals surface area contributed by atoms with E-state index in [0.29, 0.717) is 0 Å². The normalized spacial score (nSPS) is 27.0. The van der Waals surface area contributed by atoms with Crippen molar-refractivity contribution in [3.63, 3.8) is 0 Å². The molecule has 1 aromatic rings. The summed E-state index contributed by atoms with van der Waals surface area (Å²) in [6.07, 6.45) is 2.60. The van der Waals surface area contributed by atoms with Crippen molar-refractivity contribution in [3.05, 3.63) is 24.2 Å². The minimum atomic E-state index is -0.762. The maximum Gasteiger partial charge on any atom is 0.304 e. The number of carboxylic acid groups (broad SMARTS) is 1. The van der Waals surface area contributed by atoms with Crippen LogP contribution in [-0.4, -0.2) is 36.1 Å². The third kappa shape index (κ3) is 1.90. The van der Waals surface area contributed by atoms with Crippen LogP contribution in [0.3, 0.4) is 0 Å². The summed E-state index contributed by atoms with van der Waals surface area (Å²) in [5.41, 5.74) is -0.329. The Bertz CT molecular complexity index is 347. The van der Waals surface area contributed by atoms with Crippen molar-refractivity contribution in [2.24, 2.45) is 0 Å². The van der Waals surface area contributed by atoms with Crippen molar-refractivity contribution in [1.29, 1.82) is 0 Å². The molecule has 4 nitrogen and oxygen atoms in total. The number of hydrogen-bond donors (Lipinski definition) is 1. The molecule has 1 atom stereocenters. The van der Waals surface area contributed by atoms with E-state index >= 15 is 0 Å². The second-order valence-electron chi connectivity index (χ2n) is 4.32. The molecule has 0 radical (unpaired) electrons. The molecule has 82 valence electrons. The van der Waals surface area contributed by atoms with Gasteiger partial charge >= 0.3 is 5.97 Å². The summed E-state index contributed by atoms with van der Waals surface area (Å²) in [4.78, 5) is 13.0. The van der Waals surface area contributed by atoms with Crippen LogP contribution in [0.5, 0.6) is 0 Å². The molecule has 15 heavy (non-hydrogen) atoms. The lowest BCUT2D eigenvalue weighted by atomic mass is 9.81. The Hall–Kier alpha value is -1.29. The molecule has 1 N–H and O–H groups in total. The standard InChI is InChI=1S/C11H15NO3/c1-12-5-4-11(8-12,7-10(13)14)9-3-2-6-15-9/h2-3,6H,4-5,7-8H2,1H3,(H,13,14). The quantitative estimate of drug-likeness (QED) is 0.816. The van der Waals surface area contributed by atoms with E-state index in [1.54, 1.807) is 6.26 Å². The van der Waals surface area contributed by atoms with Gasteiger partial charge in [-0.15, -0.1) is 0 Å². The fourth-order valence-electron chi connectivity index (χ4n) is 2.38. The lowest BCUT2D eigenvalue weighted by molar-refractivity contribution is -0.138. The maximum atomic E-state index is 10.9. The number of aliphatic carboxylic acids is 1. The predicted molar refractivity (Wildman–Crippen MR) is 54.8 cm³/mol. The van der Waals surface area contributed by atoms with Gasteiger partial charge in [0, 0.05) is 6.54 Å². The molecule has 4 heteroatoms. The Morgan fingerprint density at radius 3 is 3.00 bits per heavy atom. The van der Waals surface area contributed by atoms with Gasteiger partial charge in [0.15, 0.2) is 0 Å². The van der Waals surface area contributed by atoms with E-state index in [1.165, 1.54) is 0 Å². The Balaban J connectivity index is 2.28. The van der Waals surface area contributed by atoms with Gasteiger partial charge in [-0.25, -0.2) is 0 Å². The fourth-order valence-corrected chi connectivity index (χ4v) is 2.38. The van der Waals surface area contributed by atoms with E-state index in [2.05, 4.69) is 4.90 Å². The molecular formula is C11H15NO3. The van der Waals surface area contributed by atoms with Gasteiger partial charge in [-0.2, -0.15) is 0 Å². The van der Waals surface area contributed by atoms with E-state index in [4.69, 9.17) is 9.52 Å². The first-order valence-corrected chi connectivity index (χ1v) is 5.07. The molecule has 2 heterocycles. The van der Waals surface area contributed by atoms with Crippen LogP contribution < -0.4 is 0 Å². The second-order valence-corrected chi connectivity index (χ2v) is 4.32. The number of hydrogen-bond acceptors (Lipinski definition) is 3. The average Bonchev–Trinajstić information content (AvgIpc) is 2.74. The first-order valence-electron chi connectivity index (χ1n) is 5.07. The Morgan fingerprint density at radius 1 is 1.73 bits per heavy atom. The largest absolute Gasteiger partial charge is 0.481 e. The predicted octanol–water partition coefficient (Wildman–Crippen LogP) is 1.33. The minimum absolute atomic E-state index is 0.144. The van der Waals surface area contributed by atoms with Crippen molar-refractivity contribution < 1.29 is 14.3 Å². The van der Waals surface area contributed by atoms with Crippen LogP contribution >= 0.6 is 0 Å². The van der Waals surface area contributed by atoms with Gasteiger partial charge < -0.3 is 14.4 Å². The molecule has 1 aliphatic rings.